The first-order valence-corrected chi connectivity index (χ1v) is 8.52. The summed E-state index contributed by atoms with van der Waals surface area (Å²) in [6, 6.07) is 12.6. The summed E-state index contributed by atoms with van der Waals surface area (Å²) in [6.07, 6.45) is 0. The molecule has 2 aromatic carbocycles. The van der Waals surface area contributed by atoms with Crippen LogP contribution in [-0.2, 0) is 11.3 Å². The van der Waals surface area contributed by atoms with E-state index in [1.54, 1.807) is 18.2 Å². The van der Waals surface area contributed by atoms with E-state index >= 15 is 0 Å². The van der Waals surface area contributed by atoms with E-state index in [1.165, 1.54) is 5.56 Å². The molecule has 1 N–H and O–H groups in total. The molecule has 1 aliphatic rings. The molecular weight excluding hydrogens is 347 g/mol. The largest absolute Gasteiger partial charge is 0.379 e. The van der Waals surface area contributed by atoms with Crippen LogP contribution in [0.4, 0.5) is 5.69 Å². The number of hydrogen-bond donors (Lipinski definition) is 1. The van der Waals surface area contributed by atoms with E-state index in [-0.39, 0.29) is 5.91 Å². The fourth-order valence-electron chi connectivity index (χ4n) is 2.61. The van der Waals surface area contributed by atoms with Gasteiger partial charge < -0.3 is 10.1 Å². The number of anilines is 1. The number of morpholine rings is 1. The molecule has 0 aliphatic carbocycles. The van der Waals surface area contributed by atoms with E-state index < -0.39 is 0 Å². The van der Waals surface area contributed by atoms with Gasteiger partial charge in [-0.05, 0) is 35.9 Å². The molecule has 24 heavy (non-hydrogen) atoms. The summed E-state index contributed by atoms with van der Waals surface area (Å²) < 4.78 is 5.35. The van der Waals surface area contributed by atoms with Gasteiger partial charge in [-0.3, -0.25) is 9.69 Å². The molecule has 0 radical (unpaired) electrons. The van der Waals surface area contributed by atoms with Crippen molar-refractivity contribution in [3.05, 3.63) is 63.6 Å². The third-order valence-electron chi connectivity index (χ3n) is 3.85. The molecule has 0 spiro atoms. The SMILES string of the molecule is O=C(Nc1cc(Cl)cc(Cl)c1)c1ccc(CN2CCOCC2)cc1. The highest BCUT2D eigenvalue weighted by Gasteiger charge is 2.12. The predicted molar refractivity (Wildman–Crippen MR) is 97.0 cm³/mol. The van der Waals surface area contributed by atoms with Crippen molar-refractivity contribution in [3.8, 4) is 0 Å². The van der Waals surface area contributed by atoms with Gasteiger partial charge in [0.05, 0.1) is 13.2 Å². The van der Waals surface area contributed by atoms with Crippen molar-refractivity contribution < 1.29 is 9.53 Å². The molecule has 0 bridgehead atoms. The van der Waals surface area contributed by atoms with Gasteiger partial charge in [0.2, 0.25) is 0 Å². The number of halogens is 2. The smallest absolute Gasteiger partial charge is 0.255 e. The van der Waals surface area contributed by atoms with Gasteiger partial charge >= 0.3 is 0 Å². The van der Waals surface area contributed by atoms with Gasteiger partial charge in [0.15, 0.2) is 0 Å². The zero-order chi connectivity index (χ0) is 16.9. The van der Waals surface area contributed by atoms with Gasteiger partial charge in [0.25, 0.3) is 5.91 Å². The highest BCUT2D eigenvalue weighted by molar-refractivity contribution is 6.35. The second-order valence-corrected chi connectivity index (χ2v) is 6.57. The lowest BCUT2D eigenvalue weighted by Crippen LogP contribution is -2.35. The lowest BCUT2D eigenvalue weighted by atomic mass is 10.1. The summed E-state index contributed by atoms with van der Waals surface area (Å²) in [5, 5.41) is 3.78. The quantitative estimate of drug-likeness (QED) is 0.888. The van der Waals surface area contributed by atoms with Crippen LogP contribution in [0.15, 0.2) is 42.5 Å². The normalized spacial score (nSPS) is 15.2. The lowest BCUT2D eigenvalue weighted by molar-refractivity contribution is 0.0342. The Labute approximate surface area is 151 Å². The summed E-state index contributed by atoms with van der Waals surface area (Å²) in [5.74, 6) is -0.189. The van der Waals surface area contributed by atoms with Crippen LogP contribution in [0.1, 0.15) is 15.9 Å². The molecule has 1 fully saturated rings. The van der Waals surface area contributed by atoms with Crippen LogP contribution in [0.5, 0.6) is 0 Å². The van der Waals surface area contributed by atoms with Crippen molar-refractivity contribution in [2.45, 2.75) is 6.54 Å². The summed E-state index contributed by atoms with van der Waals surface area (Å²) in [7, 11) is 0. The van der Waals surface area contributed by atoms with E-state index in [9.17, 15) is 4.79 Å². The molecule has 2 aromatic rings. The second-order valence-electron chi connectivity index (χ2n) is 5.70. The number of rotatable bonds is 4. The van der Waals surface area contributed by atoms with Crippen molar-refractivity contribution in [2.24, 2.45) is 0 Å². The van der Waals surface area contributed by atoms with Crippen LogP contribution in [0.2, 0.25) is 10.0 Å². The molecule has 0 saturated carbocycles. The van der Waals surface area contributed by atoms with Gasteiger partial charge in [0, 0.05) is 40.9 Å². The molecule has 1 saturated heterocycles. The van der Waals surface area contributed by atoms with Crippen LogP contribution in [0, 0.1) is 0 Å². The zero-order valence-corrected chi connectivity index (χ0v) is 14.6. The molecule has 0 atom stereocenters. The minimum absolute atomic E-state index is 0.189. The fraction of sp³-hybridized carbons (Fsp3) is 0.278. The van der Waals surface area contributed by atoms with Crippen LogP contribution < -0.4 is 5.32 Å². The maximum Gasteiger partial charge on any atom is 0.255 e. The number of ether oxygens (including phenoxy) is 1. The average molecular weight is 365 g/mol. The number of amides is 1. The zero-order valence-electron chi connectivity index (χ0n) is 13.1. The topological polar surface area (TPSA) is 41.6 Å². The van der Waals surface area contributed by atoms with Crippen molar-refractivity contribution in [1.82, 2.24) is 4.90 Å². The molecule has 3 rings (SSSR count). The van der Waals surface area contributed by atoms with Crippen molar-refractivity contribution in [2.75, 3.05) is 31.6 Å². The molecule has 1 heterocycles. The van der Waals surface area contributed by atoms with Gasteiger partial charge in [-0.1, -0.05) is 35.3 Å². The van der Waals surface area contributed by atoms with Crippen LogP contribution >= 0.6 is 23.2 Å². The molecule has 0 unspecified atom stereocenters. The number of benzene rings is 2. The Kier molecular flexibility index (Phi) is 5.74. The Balaban J connectivity index is 1.62. The average Bonchev–Trinajstić information content (AvgIpc) is 2.55. The second kappa shape index (κ2) is 7.99. The Bertz CT molecular complexity index is 693. The molecule has 1 amide bonds. The van der Waals surface area contributed by atoms with E-state index in [1.807, 2.05) is 24.3 Å². The minimum atomic E-state index is -0.189. The number of hydrogen-bond acceptors (Lipinski definition) is 3. The standard InChI is InChI=1S/C18H18Cl2N2O2/c19-15-9-16(20)11-17(10-15)21-18(23)14-3-1-13(2-4-14)12-22-5-7-24-8-6-22/h1-4,9-11H,5-8,12H2,(H,21,23). The third-order valence-corrected chi connectivity index (χ3v) is 4.28. The number of nitrogens with zero attached hydrogens (tertiary/aromatic N) is 1. The van der Waals surface area contributed by atoms with Crippen LogP contribution in [-0.4, -0.2) is 37.1 Å². The Hall–Kier alpha value is -1.59. The maximum absolute atomic E-state index is 12.3. The number of nitrogens with one attached hydrogen (secondary N) is 1. The van der Waals surface area contributed by atoms with E-state index in [0.29, 0.717) is 21.3 Å². The molecule has 0 aromatic heterocycles. The first-order chi connectivity index (χ1) is 11.6. The minimum Gasteiger partial charge on any atom is -0.379 e. The van der Waals surface area contributed by atoms with Gasteiger partial charge in [-0.2, -0.15) is 0 Å². The molecular formula is C18H18Cl2N2O2. The van der Waals surface area contributed by atoms with Gasteiger partial charge in [0.1, 0.15) is 0 Å². The predicted octanol–water partition coefficient (Wildman–Crippen LogP) is 4.08. The van der Waals surface area contributed by atoms with E-state index in [2.05, 4.69) is 10.2 Å². The van der Waals surface area contributed by atoms with Crippen molar-refractivity contribution in [3.63, 3.8) is 0 Å². The fourth-order valence-corrected chi connectivity index (χ4v) is 3.13. The van der Waals surface area contributed by atoms with E-state index in [4.69, 9.17) is 27.9 Å². The first-order valence-electron chi connectivity index (χ1n) is 7.77. The molecule has 126 valence electrons. The molecule has 6 heteroatoms. The molecule has 1 aliphatic heterocycles. The number of carbonyl (C=O) groups is 1. The monoisotopic (exact) mass is 364 g/mol. The highest BCUT2D eigenvalue weighted by Crippen LogP contribution is 2.23. The lowest BCUT2D eigenvalue weighted by Gasteiger charge is -2.26. The van der Waals surface area contributed by atoms with Gasteiger partial charge in [-0.15, -0.1) is 0 Å². The van der Waals surface area contributed by atoms with Crippen LogP contribution in [0.25, 0.3) is 0 Å². The Morgan fingerprint density at radius 1 is 1.04 bits per heavy atom. The summed E-state index contributed by atoms with van der Waals surface area (Å²) in [4.78, 5) is 14.7. The van der Waals surface area contributed by atoms with Crippen molar-refractivity contribution >= 4 is 34.8 Å². The van der Waals surface area contributed by atoms with E-state index in [0.717, 1.165) is 32.8 Å². The Morgan fingerprint density at radius 2 is 1.67 bits per heavy atom. The first kappa shape index (κ1) is 17.2. The Morgan fingerprint density at radius 3 is 2.29 bits per heavy atom. The number of carbonyl (C=O) groups excluding carboxylic acids is 1. The maximum atomic E-state index is 12.3. The van der Waals surface area contributed by atoms with Crippen LogP contribution in [0.3, 0.4) is 0 Å². The molecule has 4 nitrogen and oxygen atoms in total. The summed E-state index contributed by atoms with van der Waals surface area (Å²) in [5.41, 5.74) is 2.35. The third kappa shape index (κ3) is 4.71. The van der Waals surface area contributed by atoms with Crippen molar-refractivity contribution in [1.29, 1.82) is 0 Å². The summed E-state index contributed by atoms with van der Waals surface area (Å²) >= 11 is 11.9. The summed E-state index contributed by atoms with van der Waals surface area (Å²) in [6.45, 7) is 4.32. The highest BCUT2D eigenvalue weighted by atomic mass is 35.5. The van der Waals surface area contributed by atoms with Gasteiger partial charge in [-0.25, -0.2) is 0 Å².